The number of aliphatic carboxylic acids is 1. The van der Waals surface area contributed by atoms with Crippen molar-refractivity contribution in [2.45, 2.75) is 31.1 Å². The van der Waals surface area contributed by atoms with Crippen LogP contribution in [0.1, 0.15) is 63.7 Å². The molecule has 2 aliphatic carbocycles. The van der Waals surface area contributed by atoms with E-state index in [0.29, 0.717) is 17.4 Å². The summed E-state index contributed by atoms with van der Waals surface area (Å²) in [5.41, 5.74) is 4.95. The molecule has 0 aliphatic heterocycles. The molecule has 1 fully saturated rings. The summed E-state index contributed by atoms with van der Waals surface area (Å²) < 4.78 is 0. The highest BCUT2D eigenvalue weighted by atomic mass is 16.4. The second-order valence-corrected chi connectivity index (χ2v) is 6.67. The Morgan fingerprint density at radius 1 is 0.917 bits per heavy atom. The monoisotopic (exact) mass is 318 g/mol. The molecule has 0 aromatic heterocycles. The first-order chi connectivity index (χ1) is 11.6. The number of fused-ring (bicyclic) bond motifs is 5. The number of benzene rings is 2. The molecular weight excluding hydrogens is 300 g/mol. The van der Waals surface area contributed by atoms with Gasteiger partial charge in [0.15, 0.2) is 5.78 Å². The molecule has 1 saturated carbocycles. The van der Waals surface area contributed by atoms with Crippen LogP contribution in [-0.2, 0) is 4.79 Å². The molecule has 2 bridgehead atoms. The van der Waals surface area contributed by atoms with Crippen LogP contribution in [0.5, 0.6) is 0 Å². The lowest BCUT2D eigenvalue weighted by Gasteiger charge is -2.15. The Hall–Kier alpha value is -2.68. The fraction of sp³-hybridized carbons (Fsp3) is 0.238. The summed E-state index contributed by atoms with van der Waals surface area (Å²) in [7, 11) is 0. The van der Waals surface area contributed by atoms with Gasteiger partial charge in [0.05, 0.1) is 0 Å². The van der Waals surface area contributed by atoms with Crippen LogP contribution in [-0.4, -0.2) is 16.9 Å². The smallest absolute Gasteiger partial charge is 0.328 e. The largest absolute Gasteiger partial charge is 0.478 e. The van der Waals surface area contributed by atoms with Gasteiger partial charge < -0.3 is 5.11 Å². The van der Waals surface area contributed by atoms with Gasteiger partial charge in [-0.15, -0.1) is 0 Å². The molecule has 1 N–H and O–H groups in total. The highest BCUT2D eigenvalue weighted by molar-refractivity contribution is 6.09. The molecule has 24 heavy (non-hydrogen) atoms. The van der Waals surface area contributed by atoms with Crippen molar-refractivity contribution in [2.75, 3.05) is 0 Å². The summed E-state index contributed by atoms with van der Waals surface area (Å²) in [5.74, 6) is 0.382. The second-order valence-electron chi connectivity index (χ2n) is 6.67. The van der Waals surface area contributed by atoms with Gasteiger partial charge in [0.1, 0.15) is 0 Å². The Balaban J connectivity index is 1.58. The highest BCUT2D eigenvalue weighted by Gasteiger charge is 2.36. The summed E-state index contributed by atoms with van der Waals surface area (Å²) in [6.07, 6.45) is 6.39. The molecule has 3 nitrogen and oxygen atoms in total. The Labute approximate surface area is 140 Å². The molecule has 2 aromatic carbocycles. The van der Waals surface area contributed by atoms with Crippen LogP contribution < -0.4 is 0 Å². The van der Waals surface area contributed by atoms with E-state index in [1.807, 2.05) is 6.07 Å². The van der Waals surface area contributed by atoms with Gasteiger partial charge in [0, 0.05) is 17.2 Å². The second kappa shape index (κ2) is 5.75. The molecule has 0 unspecified atom stereocenters. The molecule has 2 atom stereocenters. The molecule has 2 aliphatic rings. The number of hydrogen-bond acceptors (Lipinski definition) is 2. The van der Waals surface area contributed by atoms with Crippen LogP contribution in [0.2, 0.25) is 0 Å². The molecule has 120 valence electrons. The van der Waals surface area contributed by atoms with E-state index in [1.54, 1.807) is 24.3 Å². The predicted octanol–water partition coefficient (Wildman–Crippen LogP) is 4.38. The van der Waals surface area contributed by atoms with Crippen molar-refractivity contribution in [2.24, 2.45) is 0 Å². The van der Waals surface area contributed by atoms with Gasteiger partial charge in [-0.3, -0.25) is 4.79 Å². The van der Waals surface area contributed by atoms with Gasteiger partial charge in [-0.25, -0.2) is 4.79 Å². The first-order valence-electron chi connectivity index (χ1n) is 8.31. The van der Waals surface area contributed by atoms with E-state index >= 15 is 0 Å². The van der Waals surface area contributed by atoms with Crippen LogP contribution in [0, 0.1) is 0 Å². The van der Waals surface area contributed by atoms with E-state index in [4.69, 9.17) is 5.11 Å². The number of rotatable bonds is 4. The third-order valence-electron chi connectivity index (χ3n) is 5.25. The van der Waals surface area contributed by atoms with Gasteiger partial charge in [-0.2, -0.15) is 0 Å². The van der Waals surface area contributed by atoms with Crippen molar-refractivity contribution >= 4 is 17.8 Å². The number of ketones is 1. The number of carbonyl (C=O) groups is 2. The third kappa shape index (κ3) is 2.56. The minimum absolute atomic E-state index is 0.0225. The van der Waals surface area contributed by atoms with E-state index in [1.165, 1.54) is 36.5 Å². The molecule has 0 heterocycles. The summed E-state index contributed by atoms with van der Waals surface area (Å²) in [5, 5.41) is 8.65. The molecular formula is C21H18O3. The van der Waals surface area contributed by atoms with Gasteiger partial charge in [0.2, 0.25) is 0 Å². The lowest BCUT2D eigenvalue weighted by molar-refractivity contribution is -0.131. The van der Waals surface area contributed by atoms with Gasteiger partial charge in [-0.1, -0.05) is 36.4 Å². The maximum Gasteiger partial charge on any atom is 0.328 e. The maximum atomic E-state index is 12.7. The zero-order valence-corrected chi connectivity index (χ0v) is 13.2. The first kappa shape index (κ1) is 14.9. The number of carbonyl (C=O) groups excluding carboxylic acids is 1. The predicted molar refractivity (Wildman–Crippen MR) is 92.3 cm³/mol. The molecule has 0 radical (unpaired) electrons. The minimum Gasteiger partial charge on any atom is -0.478 e. The average molecular weight is 318 g/mol. The van der Waals surface area contributed by atoms with Crippen LogP contribution in [0.3, 0.4) is 0 Å². The lowest BCUT2D eigenvalue weighted by Crippen LogP contribution is -2.05. The first-order valence-corrected chi connectivity index (χ1v) is 8.31. The SMILES string of the molecule is O=C(O)C=Cc1ccc(C(=O)c2ccc3c(c2)[C@H]2CC[C@H]3C2)cc1. The summed E-state index contributed by atoms with van der Waals surface area (Å²) in [6, 6.07) is 13.2. The van der Waals surface area contributed by atoms with E-state index in [-0.39, 0.29) is 5.78 Å². The van der Waals surface area contributed by atoms with Gasteiger partial charge in [0.25, 0.3) is 0 Å². The lowest BCUT2D eigenvalue weighted by atomic mass is 9.89. The molecule has 0 spiro atoms. The van der Waals surface area contributed by atoms with Crippen molar-refractivity contribution in [3.63, 3.8) is 0 Å². The Morgan fingerprint density at radius 3 is 2.29 bits per heavy atom. The fourth-order valence-corrected chi connectivity index (χ4v) is 4.07. The molecule has 3 heteroatoms. The van der Waals surface area contributed by atoms with Crippen LogP contribution in [0.25, 0.3) is 6.08 Å². The van der Waals surface area contributed by atoms with Crippen LogP contribution in [0.15, 0.2) is 48.5 Å². The maximum absolute atomic E-state index is 12.7. The highest BCUT2D eigenvalue weighted by Crippen LogP contribution is 2.53. The zero-order valence-electron chi connectivity index (χ0n) is 13.2. The standard InChI is InChI=1S/C21H18O3/c22-20(23)10-3-13-1-4-14(5-2-13)21(24)17-8-9-18-15-6-7-16(11-15)19(18)12-17/h1-5,8-10,12,15-16H,6-7,11H2,(H,22,23)/t15-,16-/m0/s1. The van der Waals surface area contributed by atoms with E-state index in [9.17, 15) is 9.59 Å². The quantitative estimate of drug-likeness (QED) is 0.672. The average Bonchev–Trinajstić information content (AvgIpc) is 3.22. The Morgan fingerprint density at radius 2 is 1.58 bits per heavy atom. The topological polar surface area (TPSA) is 54.4 Å². The number of carboxylic acid groups (broad SMARTS) is 1. The minimum atomic E-state index is -0.984. The van der Waals surface area contributed by atoms with Crippen LogP contribution in [0.4, 0.5) is 0 Å². The molecule has 4 rings (SSSR count). The van der Waals surface area contributed by atoms with Gasteiger partial charge in [-0.05, 0) is 59.9 Å². The van der Waals surface area contributed by atoms with Crippen molar-refractivity contribution in [1.29, 1.82) is 0 Å². The van der Waals surface area contributed by atoms with E-state index in [2.05, 4.69) is 12.1 Å². The van der Waals surface area contributed by atoms with Crippen molar-refractivity contribution in [3.8, 4) is 0 Å². The number of carboxylic acids is 1. The fourth-order valence-electron chi connectivity index (χ4n) is 4.07. The van der Waals surface area contributed by atoms with E-state index < -0.39 is 5.97 Å². The Bertz CT molecular complexity index is 846. The molecule has 0 saturated heterocycles. The summed E-state index contributed by atoms with van der Waals surface area (Å²) in [4.78, 5) is 23.3. The van der Waals surface area contributed by atoms with Crippen LogP contribution >= 0.6 is 0 Å². The molecule has 2 aromatic rings. The van der Waals surface area contributed by atoms with Crippen molar-refractivity contribution in [3.05, 3.63) is 76.4 Å². The number of hydrogen-bond donors (Lipinski definition) is 1. The van der Waals surface area contributed by atoms with Gasteiger partial charge >= 0.3 is 5.97 Å². The summed E-state index contributed by atoms with van der Waals surface area (Å²) >= 11 is 0. The summed E-state index contributed by atoms with van der Waals surface area (Å²) in [6.45, 7) is 0. The Kier molecular flexibility index (Phi) is 3.57. The normalized spacial score (nSPS) is 21.2. The van der Waals surface area contributed by atoms with Crippen molar-refractivity contribution in [1.82, 2.24) is 0 Å². The van der Waals surface area contributed by atoms with E-state index in [0.717, 1.165) is 17.2 Å². The molecule has 0 amide bonds. The zero-order chi connectivity index (χ0) is 16.7. The third-order valence-corrected chi connectivity index (χ3v) is 5.25. The van der Waals surface area contributed by atoms with Crippen molar-refractivity contribution < 1.29 is 14.7 Å².